The molecule has 1 aromatic rings. The summed E-state index contributed by atoms with van der Waals surface area (Å²) in [6.07, 6.45) is 0.497. The van der Waals surface area contributed by atoms with Gasteiger partial charge >= 0.3 is 0 Å². The minimum atomic E-state index is -4.13. The van der Waals surface area contributed by atoms with Gasteiger partial charge < -0.3 is 4.90 Å². The van der Waals surface area contributed by atoms with Crippen LogP contribution in [0.2, 0.25) is 0 Å². The maximum absolute atomic E-state index is 13.6. The van der Waals surface area contributed by atoms with Crippen LogP contribution in [-0.4, -0.2) is 20.4 Å². The van der Waals surface area contributed by atoms with Gasteiger partial charge in [0.1, 0.15) is 10.7 Å². The average molecular weight is 272 g/mol. The van der Waals surface area contributed by atoms with Crippen LogP contribution in [0.3, 0.4) is 0 Å². The van der Waals surface area contributed by atoms with E-state index in [1.165, 1.54) is 11.8 Å². The van der Waals surface area contributed by atoms with Crippen LogP contribution < -0.4 is 10.0 Å². The summed E-state index contributed by atoms with van der Waals surface area (Å²) in [5.74, 6) is -1.10. The number of sulfonamides is 1. The van der Waals surface area contributed by atoms with E-state index in [4.69, 9.17) is 5.14 Å². The normalized spacial score (nSPS) is 18.9. The van der Waals surface area contributed by atoms with E-state index in [0.29, 0.717) is 17.7 Å². The second kappa shape index (κ2) is 4.03. The quantitative estimate of drug-likeness (QED) is 0.820. The highest BCUT2D eigenvalue weighted by Gasteiger charge is 2.31. The van der Waals surface area contributed by atoms with Gasteiger partial charge in [0.2, 0.25) is 15.9 Å². The van der Waals surface area contributed by atoms with E-state index in [-0.39, 0.29) is 11.9 Å². The zero-order valence-corrected chi connectivity index (χ0v) is 10.8. The number of fused-ring (bicyclic) bond motifs is 1. The summed E-state index contributed by atoms with van der Waals surface area (Å²) in [5.41, 5.74) is 1.03. The summed E-state index contributed by atoms with van der Waals surface area (Å²) in [6.45, 7) is 3.20. The fourth-order valence-electron chi connectivity index (χ4n) is 2.32. The van der Waals surface area contributed by atoms with E-state index in [1.807, 2.05) is 6.92 Å². The van der Waals surface area contributed by atoms with E-state index in [0.717, 1.165) is 12.1 Å². The minimum Gasteiger partial charge on any atom is -0.309 e. The van der Waals surface area contributed by atoms with Crippen LogP contribution in [0.1, 0.15) is 19.4 Å². The number of nitrogens with two attached hydrogens (primary N) is 1. The number of nitrogens with zero attached hydrogens (tertiary/aromatic N) is 1. The molecule has 1 heterocycles. The second-order valence-corrected chi connectivity index (χ2v) is 5.93. The molecule has 0 saturated heterocycles. The summed E-state index contributed by atoms with van der Waals surface area (Å²) >= 11 is 0. The first-order valence-electron chi connectivity index (χ1n) is 5.37. The Balaban J connectivity index is 2.66. The van der Waals surface area contributed by atoms with Gasteiger partial charge in [-0.2, -0.15) is 0 Å². The number of carbonyl (C=O) groups is 1. The zero-order chi connectivity index (χ0) is 13.7. The van der Waals surface area contributed by atoms with E-state index < -0.39 is 20.7 Å². The van der Waals surface area contributed by atoms with Crippen LogP contribution in [0.15, 0.2) is 17.0 Å². The minimum absolute atomic E-state index is 0.118. The van der Waals surface area contributed by atoms with Crippen molar-refractivity contribution in [1.82, 2.24) is 0 Å². The molecule has 0 saturated carbocycles. The third kappa shape index (κ3) is 1.99. The molecule has 1 unspecified atom stereocenters. The number of rotatable bonds is 1. The van der Waals surface area contributed by atoms with Crippen LogP contribution >= 0.6 is 0 Å². The molecular formula is C11H13FN2O3S. The summed E-state index contributed by atoms with van der Waals surface area (Å²) in [6, 6.07) is 2.15. The number of hydrogen-bond acceptors (Lipinski definition) is 3. The Bertz CT molecular complexity index is 627. The number of benzene rings is 1. The summed E-state index contributed by atoms with van der Waals surface area (Å²) < 4.78 is 36.1. The molecule has 98 valence electrons. The highest BCUT2D eigenvalue weighted by molar-refractivity contribution is 7.89. The Labute approximate surface area is 104 Å². The van der Waals surface area contributed by atoms with Crippen molar-refractivity contribution in [3.63, 3.8) is 0 Å². The van der Waals surface area contributed by atoms with Crippen LogP contribution in [0.25, 0.3) is 0 Å². The van der Waals surface area contributed by atoms with Crippen molar-refractivity contribution in [3.8, 4) is 0 Å². The molecule has 0 fully saturated rings. The molecule has 18 heavy (non-hydrogen) atoms. The van der Waals surface area contributed by atoms with Crippen molar-refractivity contribution < 1.29 is 17.6 Å². The lowest BCUT2D eigenvalue weighted by atomic mass is 10.1. The molecule has 1 amide bonds. The van der Waals surface area contributed by atoms with Crippen molar-refractivity contribution in [2.75, 3.05) is 4.90 Å². The monoisotopic (exact) mass is 272 g/mol. The molecule has 0 radical (unpaired) electrons. The number of amides is 1. The molecule has 1 aliphatic heterocycles. The lowest BCUT2D eigenvalue weighted by Crippen LogP contribution is -2.33. The number of primary sulfonamides is 1. The van der Waals surface area contributed by atoms with Gasteiger partial charge in [0.05, 0.1) is 0 Å². The molecule has 7 heteroatoms. The average Bonchev–Trinajstić information content (AvgIpc) is 2.49. The molecule has 2 rings (SSSR count). The summed E-state index contributed by atoms with van der Waals surface area (Å²) in [7, 11) is -4.13. The molecule has 0 aliphatic carbocycles. The highest BCUT2D eigenvalue weighted by atomic mass is 32.2. The standard InChI is InChI=1S/C11H13FN2O3S/c1-6-3-8-4-9(12)11(18(13,16)17)5-10(8)14(6)7(2)15/h4-6H,3H2,1-2H3,(H2,13,16,17). The Morgan fingerprint density at radius 3 is 2.61 bits per heavy atom. The SMILES string of the molecule is CC(=O)N1c2cc(S(N)(=O)=O)c(F)cc2CC1C. The lowest BCUT2D eigenvalue weighted by Gasteiger charge is -2.21. The van der Waals surface area contributed by atoms with Gasteiger partial charge in [-0.05, 0) is 31.0 Å². The highest BCUT2D eigenvalue weighted by Crippen LogP contribution is 2.35. The van der Waals surface area contributed by atoms with Crippen LogP contribution in [0.5, 0.6) is 0 Å². The Morgan fingerprint density at radius 2 is 2.11 bits per heavy atom. The third-order valence-electron chi connectivity index (χ3n) is 2.99. The molecule has 1 aliphatic rings. The van der Waals surface area contributed by atoms with Crippen LogP contribution in [0.4, 0.5) is 10.1 Å². The second-order valence-electron chi connectivity index (χ2n) is 4.40. The van der Waals surface area contributed by atoms with Crippen molar-refractivity contribution in [2.24, 2.45) is 5.14 Å². The topological polar surface area (TPSA) is 80.5 Å². The van der Waals surface area contributed by atoms with Gasteiger partial charge in [0.15, 0.2) is 0 Å². The smallest absolute Gasteiger partial charge is 0.241 e. The maximum atomic E-state index is 13.6. The molecule has 1 atom stereocenters. The van der Waals surface area contributed by atoms with Crippen molar-refractivity contribution in [1.29, 1.82) is 0 Å². The lowest BCUT2D eigenvalue weighted by molar-refractivity contribution is -0.116. The van der Waals surface area contributed by atoms with Crippen LogP contribution in [-0.2, 0) is 21.2 Å². The Kier molecular flexibility index (Phi) is 2.90. The predicted octanol–water partition coefficient (Wildman–Crippen LogP) is 0.771. The molecule has 5 nitrogen and oxygen atoms in total. The molecule has 0 aromatic heterocycles. The molecular weight excluding hydrogens is 259 g/mol. The first-order chi connectivity index (χ1) is 8.21. The molecule has 1 aromatic carbocycles. The van der Waals surface area contributed by atoms with Gasteiger partial charge in [-0.3, -0.25) is 4.79 Å². The van der Waals surface area contributed by atoms with E-state index in [1.54, 1.807) is 0 Å². The Morgan fingerprint density at radius 1 is 1.50 bits per heavy atom. The van der Waals surface area contributed by atoms with Crippen LogP contribution in [0, 0.1) is 5.82 Å². The van der Waals surface area contributed by atoms with Gasteiger partial charge in [-0.15, -0.1) is 0 Å². The zero-order valence-electron chi connectivity index (χ0n) is 9.97. The van der Waals surface area contributed by atoms with Gasteiger partial charge in [0.25, 0.3) is 0 Å². The van der Waals surface area contributed by atoms with Gasteiger partial charge in [0, 0.05) is 18.7 Å². The Hall–Kier alpha value is -1.47. The van der Waals surface area contributed by atoms with Crippen molar-refractivity contribution in [2.45, 2.75) is 31.2 Å². The van der Waals surface area contributed by atoms with Crippen molar-refractivity contribution in [3.05, 3.63) is 23.5 Å². The van der Waals surface area contributed by atoms with Gasteiger partial charge in [-0.1, -0.05) is 0 Å². The summed E-state index contributed by atoms with van der Waals surface area (Å²) in [5, 5.41) is 4.94. The first kappa shape index (κ1) is 13.0. The maximum Gasteiger partial charge on any atom is 0.241 e. The molecule has 2 N–H and O–H groups in total. The molecule has 0 spiro atoms. The molecule has 0 bridgehead atoms. The fourth-order valence-corrected chi connectivity index (χ4v) is 2.92. The van der Waals surface area contributed by atoms with E-state index >= 15 is 0 Å². The summed E-state index contributed by atoms with van der Waals surface area (Å²) in [4.78, 5) is 12.4. The van der Waals surface area contributed by atoms with E-state index in [2.05, 4.69) is 0 Å². The number of anilines is 1. The fraction of sp³-hybridized carbons (Fsp3) is 0.364. The largest absolute Gasteiger partial charge is 0.309 e. The third-order valence-corrected chi connectivity index (χ3v) is 3.92. The van der Waals surface area contributed by atoms with E-state index in [9.17, 15) is 17.6 Å². The number of carbonyl (C=O) groups excluding carboxylic acids is 1. The predicted molar refractivity (Wildman–Crippen MR) is 64.1 cm³/mol. The number of hydrogen-bond donors (Lipinski definition) is 1. The van der Waals surface area contributed by atoms with Crippen molar-refractivity contribution >= 4 is 21.6 Å². The number of halogens is 1. The first-order valence-corrected chi connectivity index (χ1v) is 6.91. The van der Waals surface area contributed by atoms with Gasteiger partial charge in [-0.25, -0.2) is 17.9 Å².